The first-order valence-corrected chi connectivity index (χ1v) is 10.4. The van der Waals surface area contributed by atoms with Crippen molar-refractivity contribution in [2.75, 3.05) is 50.8 Å². The second-order valence-electron chi connectivity index (χ2n) is 7.47. The van der Waals surface area contributed by atoms with E-state index in [-0.39, 0.29) is 17.8 Å². The van der Waals surface area contributed by atoms with Gasteiger partial charge in [-0.3, -0.25) is 4.90 Å². The van der Waals surface area contributed by atoms with Gasteiger partial charge in [-0.15, -0.1) is 0 Å². The third-order valence-corrected chi connectivity index (χ3v) is 5.05. The topological polar surface area (TPSA) is 82.6 Å². The summed E-state index contributed by atoms with van der Waals surface area (Å²) in [7, 11) is 0. The van der Waals surface area contributed by atoms with Gasteiger partial charge in [0.1, 0.15) is 5.75 Å². The highest BCUT2D eigenvalue weighted by Gasteiger charge is 2.28. The van der Waals surface area contributed by atoms with Crippen LogP contribution < -0.4 is 20.3 Å². The summed E-state index contributed by atoms with van der Waals surface area (Å²) in [5.74, 6) is 0.861. The predicted octanol–water partition coefficient (Wildman–Crippen LogP) is 2.60. The summed E-state index contributed by atoms with van der Waals surface area (Å²) >= 11 is 0. The van der Waals surface area contributed by atoms with Crippen LogP contribution in [0.1, 0.15) is 18.5 Å². The molecule has 2 aromatic rings. The van der Waals surface area contributed by atoms with Gasteiger partial charge in [0.05, 0.1) is 6.04 Å². The predicted molar refractivity (Wildman–Crippen MR) is 114 cm³/mol. The van der Waals surface area contributed by atoms with Crippen molar-refractivity contribution in [1.29, 1.82) is 0 Å². The third-order valence-electron chi connectivity index (χ3n) is 5.05. The van der Waals surface area contributed by atoms with Crippen LogP contribution in [-0.2, 0) is 0 Å². The third kappa shape index (κ3) is 7.56. The van der Waals surface area contributed by atoms with Crippen molar-refractivity contribution >= 4 is 12.0 Å². The van der Waals surface area contributed by atoms with E-state index in [9.17, 15) is 18.0 Å². The number of piperazine rings is 1. The average molecular weight is 452 g/mol. The zero-order chi connectivity index (χ0) is 23.0. The molecular formula is C21H27F3N6O2. The molecule has 2 amide bonds. The van der Waals surface area contributed by atoms with E-state index in [1.807, 2.05) is 0 Å². The fourth-order valence-corrected chi connectivity index (χ4v) is 3.30. The summed E-state index contributed by atoms with van der Waals surface area (Å²) in [6.07, 6.45) is -0.919. The first kappa shape index (κ1) is 23.6. The SMILES string of the molecule is CC(NC(=O)NCCN1CCN(c2ncccn2)CC1)c1ccc(OCC(F)(F)F)cc1. The van der Waals surface area contributed by atoms with Crippen molar-refractivity contribution in [1.82, 2.24) is 25.5 Å². The van der Waals surface area contributed by atoms with Crippen LogP contribution in [0.2, 0.25) is 0 Å². The van der Waals surface area contributed by atoms with Crippen molar-refractivity contribution in [2.45, 2.75) is 19.1 Å². The Labute approximate surface area is 184 Å². The number of benzene rings is 1. The molecule has 1 saturated heterocycles. The van der Waals surface area contributed by atoms with Crippen LogP contribution in [0.3, 0.4) is 0 Å². The number of aromatic nitrogens is 2. The van der Waals surface area contributed by atoms with E-state index in [1.54, 1.807) is 37.5 Å². The maximum absolute atomic E-state index is 12.2. The van der Waals surface area contributed by atoms with E-state index in [0.717, 1.165) is 44.2 Å². The van der Waals surface area contributed by atoms with E-state index in [0.29, 0.717) is 6.54 Å². The number of rotatable bonds is 8. The second-order valence-corrected chi connectivity index (χ2v) is 7.47. The van der Waals surface area contributed by atoms with Crippen LogP contribution in [0.4, 0.5) is 23.9 Å². The Bertz CT molecular complexity index is 843. The summed E-state index contributed by atoms with van der Waals surface area (Å²) in [5, 5.41) is 5.67. The molecule has 2 N–H and O–H groups in total. The van der Waals surface area contributed by atoms with Gasteiger partial charge in [-0.2, -0.15) is 13.2 Å². The summed E-state index contributed by atoms with van der Waals surface area (Å²) < 4.78 is 41.3. The van der Waals surface area contributed by atoms with Gasteiger partial charge in [-0.1, -0.05) is 12.1 Å². The minimum absolute atomic E-state index is 0.127. The van der Waals surface area contributed by atoms with Gasteiger partial charge in [0.15, 0.2) is 6.61 Å². The fourth-order valence-electron chi connectivity index (χ4n) is 3.30. The van der Waals surface area contributed by atoms with Crippen LogP contribution in [-0.4, -0.2) is 73.0 Å². The van der Waals surface area contributed by atoms with Crippen LogP contribution in [0.25, 0.3) is 0 Å². The van der Waals surface area contributed by atoms with Gasteiger partial charge in [-0.05, 0) is 30.7 Å². The van der Waals surface area contributed by atoms with Gasteiger partial charge in [0.25, 0.3) is 0 Å². The number of anilines is 1. The normalized spacial score (nSPS) is 15.8. The number of alkyl halides is 3. The average Bonchev–Trinajstić information content (AvgIpc) is 2.78. The summed E-state index contributed by atoms with van der Waals surface area (Å²) in [6.45, 7) is 5.09. The van der Waals surface area contributed by atoms with Crippen LogP contribution >= 0.6 is 0 Å². The molecule has 1 aliphatic rings. The van der Waals surface area contributed by atoms with Gasteiger partial charge in [0, 0.05) is 51.7 Å². The van der Waals surface area contributed by atoms with E-state index in [1.165, 1.54) is 12.1 Å². The second kappa shape index (κ2) is 11.0. The Morgan fingerprint density at radius 3 is 2.41 bits per heavy atom. The van der Waals surface area contributed by atoms with E-state index in [4.69, 9.17) is 0 Å². The molecule has 1 fully saturated rings. The molecule has 1 aromatic heterocycles. The van der Waals surface area contributed by atoms with Crippen LogP contribution in [0.15, 0.2) is 42.7 Å². The van der Waals surface area contributed by atoms with E-state index in [2.05, 4.69) is 35.1 Å². The molecule has 0 bridgehead atoms. The maximum Gasteiger partial charge on any atom is 0.422 e. The smallest absolute Gasteiger partial charge is 0.422 e. The quantitative estimate of drug-likeness (QED) is 0.641. The fraction of sp³-hybridized carbons (Fsp3) is 0.476. The molecule has 1 aromatic carbocycles. The van der Waals surface area contributed by atoms with Crippen molar-refractivity contribution < 1.29 is 22.7 Å². The Hall–Kier alpha value is -3.08. The molecule has 0 radical (unpaired) electrons. The number of nitrogens with one attached hydrogen (secondary N) is 2. The van der Waals surface area contributed by atoms with Gasteiger partial charge in [0.2, 0.25) is 5.95 Å². The van der Waals surface area contributed by atoms with Crippen LogP contribution in [0.5, 0.6) is 5.75 Å². The first-order chi connectivity index (χ1) is 15.3. The summed E-state index contributed by atoms with van der Waals surface area (Å²) in [4.78, 5) is 25.1. The zero-order valence-corrected chi connectivity index (χ0v) is 17.8. The highest BCUT2D eigenvalue weighted by Crippen LogP contribution is 2.21. The lowest BCUT2D eigenvalue weighted by atomic mass is 10.1. The minimum Gasteiger partial charge on any atom is -0.484 e. The molecule has 174 valence electrons. The van der Waals surface area contributed by atoms with Crippen molar-refractivity contribution in [3.63, 3.8) is 0 Å². The van der Waals surface area contributed by atoms with E-state index < -0.39 is 12.8 Å². The molecule has 8 nitrogen and oxygen atoms in total. The zero-order valence-electron chi connectivity index (χ0n) is 17.8. The van der Waals surface area contributed by atoms with Gasteiger partial charge >= 0.3 is 12.2 Å². The molecule has 1 aliphatic heterocycles. The molecule has 32 heavy (non-hydrogen) atoms. The first-order valence-electron chi connectivity index (χ1n) is 10.4. The molecule has 1 atom stereocenters. The number of carbonyl (C=O) groups is 1. The van der Waals surface area contributed by atoms with Crippen molar-refractivity contribution in [3.05, 3.63) is 48.3 Å². The van der Waals surface area contributed by atoms with Crippen molar-refractivity contribution in [2.24, 2.45) is 0 Å². The molecule has 1 unspecified atom stereocenters. The summed E-state index contributed by atoms with van der Waals surface area (Å²) in [5.41, 5.74) is 0.763. The number of halogens is 3. The molecule has 0 saturated carbocycles. The number of amides is 2. The molecular weight excluding hydrogens is 425 g/mol. The minimum atomic E-state index is -4.38. The highest BCUT2D eigenvalue weighted by atomic mass is 19.4. The van der Waals surface area contributed by atoms with E-state index >= 15 is 0 Å². The number of ether oxygens (including phenoxy) is 1. The Balaban J connectivity index is 1.33. The lowest BCUT2D eigenvalue weighted by molar-refractivity contribution is -0.153. The van der Waals surface area contributed by atoms with Gasteiger partial charge < -0.3 is 20.3 Å². The largest absolute Gasteiger partial charge is 0.484 e. The maximum atomic E-state index is 12.2. The monoisotopic (exact) mass is 452 g/mol. The number of urea groups is 1. The molecule has 3 rings (SSSR count). The molecule has 0 aliphatic carbocycles. The van der Waals surface area contributed by atoms with Gasteiger partial charge in [-0.25, -0.2) is 14.8 Å². The number of carbonyl (C=O) groups excluding carboxylic acids is 1. The number of hydrogen-bond donors (Lipinski definition) is 2. The Kier molecular flexibility index (Phi) is 8.09. The Morgan fingerprint density at radius 2 is 1.78 bits per heavy atom. The van der Waals surface area contributed by atoms with Crippen molar-refractivity contribution in [3.8, 4) is 5.75 Å². The lowest BCUT2D eigenvalue weighted by Crippen LogP contribution is -2.49. The molecule has 11 heteroatoms. The molecule has 2 heterocycles. The lowest BCUT2D eigenvalue weighted by Gasteiger charge is -2.34. The standard InChI is InChI=1S/C21H27F3N6O2/c1-16(17-3-5-18(6-4-17)32-15-21(22,23)24)28-20(31)27-9-10-29-11-13-30(14-12-29)19-25-7-2-8-26-19/h2-8,16H,9-15H2,1H3,(H2,27,28,31). The summed E-state index contributed by atoms with van der Waals surface area (Å²) in [6, 6.07) is 7.36. The highest BCUT2D eigenvalue weighted by molar-refractivity contribution is 5.74. The number of hydrogen-bond acceptors (Lipinski definition) is 6. The Morgan fingerprint density at radius 1 is 1.12 bits per heavy atom. The molecule has 0 spiro atoms. The number of nitrogens with zero attached hydrogens (tertiary/aromatic N) is 4. The van der Waals surface area contributed by atoms with Crippen LogP contribution in [0, 0.1) is 0 Å².